The standard InChI is InChI=1S/C23H28N6O3/c1-14-19(6-5-17(26-14)22(30)24-2)29-9-7-28(8-10-29)13-16-11-18-20(12-25-16)32-21(15-3-4-15)23(31)27-18/h5-6,11-12,15,21H,3-4,7-10,13H2,1-2H3,(H,24,30)(H,27,31). The number of nitrogens with one attached hydrogen (secondary N) is 2. The number of hydrogen-bond donors (Lipinski definition) is 2. The second-order valence-electron chi connectivity index (χ2n) is 8.68. The molecule has 2 amide bonds. The van der Waals surface area contributed by atoms with Gasteiger partial charge >= 0.3 is 0 Å². The Labute approximate surface area is 187 Å². The minimum Gasteiger partial charge on any atom is -0.476 e. The quantitative estimate of drug-likeness (QED) is 0.734. The molecule has 0 spiro atoms. The van der Waals surface area contributed by atoms with E-state index in [2.05, 4.69) is 30.4 Å². The van der Waals surface area contributed by atoms with E-state index in [1.54, 1.807) is 19.3 Å². The van der Waals surface area contributed by atoms with Gasteiger partial charge in [0.05, 0.1) is 29.0 Å². The summed E-state index contributed by atoms with van der Waals surface area (Å²) >= 11 is 0. The van der Waals surface area contributed by atoms with Crippen LogP contribution in [0.15, 0.2) is 24.4 Å². The van der Waals surface area contributed by atoms with Gasteiger partial charge < -0.3 is 20.3 Å². The molecular formula is C23H28N6O3. The summed E-state index contributed by atoms with van der Waals surface area (Å²) in [4.78, 5) is 37.8. The molecule has 1 atom stereocenters. The van der Waals surface area contributed by atoms with Crippen molar-refractivity contribution in [2.75, 3.05) is 43.4 Å². The van der Waals surface area contributed by atoms with Gasteiger partial charge in [0.25, 0.3) is 11.8 Å². The fourth-order valence-corrected chi connectivity index (χ4v) is 4.39. The summed E-state index contributed by atoms with van der Waals surface area (Å²) < 4.78 is 5.89. The lowest BCUT2D eigenvalue weighted by atomic mass is 10.1. The van der Waals surface area contributed by atoms with E-state index in [1.165, 1.54) is 0 Å². The molecule has 1 unspecified atom stereocenters. The molecule has 0 aromatic carbocycles. The molecule has 4 heterocycles. The lowest BCUT2D eigenvalue weighted by Gasteiger charge is -2.36. The molecular weight excluding hydrogens is 408 g/mol. The van der Waals surface area contributed by atoms with E-state index in [-0.39, 0.29) is 17.9 Å². The summed E-state index contributed by atoms with van der Waals surface area (Å²) in [6, 6.07) is 5.67. The first kappa shape index (κ1) is 20.7. The van der Waals surface area contributed by atoms with Gasteiger partial charge in [-0.2, -0.15) is 0 Å². The van der Waals surface area contributed by atoms with Crippen molar-refractivity contribution in [2.45, 2.75) is 32.4 Å². The summed E-state index contributed by atoms with van der Waals surface area (Å²) in [6.45, 7) is 6.18. The summed E-state index contributed by atoms with van der Waals surface area (Å²) in [5.74, 6) is 0.792. The molecule has 3 aliphatic rings. The molecule has 32 heavy (non-hydrogen) atoms. The van der Waals surface area contributed by atoms with Crippen molar-refractivity contribution in [1.82, 2.24) is 20.2 Å². The number of ether oxygens (including phenoxy) is 1. The van der Waals surface area contributed by atoms with Crippen LogP contribution in [0.4, 0.5) is 11.4 Å². The average molecular weight is 437 g/mol. The number of hydrogen-bond acceptors (Lipinski definition) is 7. The predicted octanol–water partition coefficient (Wildman–Crippen LogP) is 1.58. The molecule has 2 fully saturated rings. The number of rotatable bonds is 5. The van der Waals surface area contributed by atoms with E-state index in [0.29, 0.717) is 23.0 Å². The van der Waals surface area contributed by atoms with Gasteiger partial charge in [0.15, 0.2) is 11.9 Å². The van der Waals surface area contributed by atoms with Crippen LogP contribution in [0.2, 0.25) is 0 Å². The van der Waals surface area contributed by atoms with Crippen LogP contribution in [0.25, 0.3) is 0 Å². The molecule has 1 saturated carbocycles. The highest BCUT2D eigenvalue weighted by Crippen LogP contribution is 2.39. The molecule has 9 nitrogen and oxygen atoms in total. The summed E-state index contributed by atoms with van der Waals surface area (Å²) in [6.07, 6.45) is 3.47. The van der Waals surface area contributed by atoms with Crippen LogP contribution in [-0.4, -0.2) is 66.0 Å². The molecule has 2 aromatic heterocycles. The van der Waals surface area contributed by atoms with Gasteiger partial charge in [-0.25, -0.2) is 4.98 Å². The number of amides is 2. The predicted molar refractivity (Wildman–Crippen MR) is 120 cm³/mol. The Morgan fingerprint density at radius 3 is 2.72 bits per heavy atom. The van der Waals surface area contributed by atoms with Crippen LogP contribution in [0.3, 0.4) is 0 Å². The second kappa shape index (κ2) is 8.38. The Morgan fingerprint density at radius 2 is 2.03 bits per heavy atom. The fourth-order valence-electron chi connectivity index (χ4n) is 4.39. The molecule has 0 radical (unpaired) electrons. The number of carbonyl (C=O) groups is 2. The highest BCUT2D eigenvalue weighted by molar-refractivity contribution is 5.98. The highest BCUT2D eigenvalue weighted by Gasteiger charge is 2.41. The summed E-state index contributed by atoms with van der Waals surface area (Å²) in [5, 5.41) is 5.60. The Hall–Kier alpha value is -3.20. The normalized spacial score (nSPS) is 20.9. The largest absolute Gasteiger partial charge is 0.476 e. The van der Waals surface area contributed by atoms with Crippen LogP contribution >= 0.6 is 0 Å². The molecule has 2 aromatic rings. The minimum absolute atomic E-state index is 0.0443. The number of carbonyl (C=O) groups excluding carboxylic acids is 2. The Balaban J connectivity index is 1.19. The fraction of sp³-hybridized carbons (Fsp3) is 0.478. The van der Waals surface area contributed by atoms with Crippen molar-refractivity contribution in [2.24, 2.45) is 5.92 Å². The van der Waals surface area contributed by atoms with Gasteiger partial charge in [-0.3, -0.25) is 19.5 Å². The smallest absolute Gasteiger partial charge is 0.269 e. The molecule has 168 valence electrons. The number of nitrogens with zero attached hydrogens (tertiary/aromatic N) is 4. The number of aryl methyl sites for hydroxylation is 1. The molecule has 9 heteroatoms. The first-order chi connectivity index (χ1) is 15.5. The van der Waals surface area contributed by atoms with E-state index in [9.17, 15) is 9.59 Å². The maximum Gasteiger partial charge on any atom is 0.269 e. The van der Waals surface area contributed by atoms with Crippen molar-refractivity contribution in [3.8, 4) is 5.75 Å². The maximum atomic E-state index is 12.3. The zero-order valence-electron chi connectivity index (χ0n) is 18.4. The van der Waals surface area contributed by atoms with E-state index < -0.39 is 0 Å². The zero-order valence-corrected chi connectivity index (χ0v) is 18.4. The Bertz CT molecular complexity index is 1050. The molecule has 2 aliphatic heterocycles. The minimum atomic E-state index is -0.369. The topological polar surface area (TPSA) is 99.7 Å². The van der Waals surface area contributed by atoms with E-state index in [4.69, 9.17) is 4.74 Å². The molecule has 1 saturated heterocycles. The van der Waals surface area contributed by atoms with Gasteiger partial charge in [0, 0.05) is 45.7 Å². The number of piperazine rings is 1. The van der Waals surface area contributed by atoms with Gasteiger partial charge in [-0.1, -0.05) is 0 Å². The summed E-state index contributed by atoms with van der Waals surface area (Å²) in [7, 11) is 1.61. The SMILES string of the molecule is CNC(=O)c1ccc(N2CCN(Cc3cc4c(cn3)OC(C3CC3)C(=O)N4)CC2)c(C)n1. The van der Waals surface area contributed by atoms with Gasteiger partial charge in [-0.15, -0.1) is 0 Å². The summed E-state index contributed by atoms with van der Waals surface area (Å²) in [5.41, 5.74) is 3.99. The highest BCUT2D eigenvalue weighted by atomic mass is 16.5. The van der Waals surface area contributed by atoms with E-state index >= 15 is 0 Å². The average Bonchev–Trinajstić information content (AvgIpc) is 3.64. The zero-order chi connectivity index (χ0) is 22.2. The van der Waals surface area contributed by atoms with Crippen molar-refractivity contribution in [3.05, 3.63) is 41.5 Å². The van der Waals surface area contributed by atoms with Crippen LogP contribution < -0.4 is 20.3 Å². The van der Waals surface area contributed by atoms with Crippen LogP contribution in [-0.2, 0) is 11.3 Å². The first-order valence-corrected chi connectivity index (χ1v) is 11.2. The lowest BCUT2D eigenvalue weighted by molar-refractivity contribution is -0.124. The molecule has 0 bridgehead atoms. The van der Waals surface area contributed by atoms with Crippen molar-refractivity contribution >= 4 is 23.2 Å². The van der Waals surface area contributed by atoms with Gasteiger partial charge in [0.1, 0.15) is 5.69 Å². The Morgan fingerprint density at radius 1 is 1.25 bits per heavy atom. The molecule has 5 rings (SSSR count). The van der Waals surface area contributed by atoms with E-state index in [1.807, 2.05) is 19.1 Å². The molecule has 2 N–H and O–H groups in total. The number of pyridine rings is 2. The van der Waals surface area contributed by atoms with Crippen molar-refractivity contribution in [1.29, 1.82) is 0 Å². The first-order valence-electron chi connectivity index (χ1n) is 11.2. The lowest BCUT2D eigenvalue weighted by Crippen LogP contribution is -2.46. The maximum absolute atomic E-state index is 12.3. The van der Waals surface area contributed by atoms with E-state index in [0.717, 1.165) is 62.6 Å². The second-order valence-corrected chi connectivity index (χ2v) is 8.68. The third-order valence-corrected chi connectivity index (χ3v) is 6.36. The number of fused-ring (bicyclic) bond motifs is 1. The monoisotopic (exact) mass is 436 g/mol. The third kappa shape index (κ3) is 4.12. The number of anilines is 2. The number of aromatic nitrogens is 2. The van der Waals surface area contributed by atoms with Gasteiger partial charge in [0.2, 0.25) is 0 Å². The van der Waals surface area contributed by atoms with Crippen LogP contribution in [0, 0.1) is 12.8 Å². The molecule has 1 aliphatic carbocycles. The van der Waals surface area contributed by atoms with Crippen molar-refractivity contribution in [3.63, 3.8) is 0 Å². The van der Waals surface area contributed by atoms with Crippen molar-refractivity contribution < 1.29 is 14.3 Å². The van der Waals surface area contributed by atoms with Gasteiger partial charge in [-0.05, 0) is 38.0 Å². The third-order valence-electron chi connectivity index (χ3n) is 6.36. The van der Waals surface area contributed by atoms with Crippen LogP contribution in [0.5, 0.6) is 5.75 Å². The van der Waals surface area contributed by atoms with Crippen LogP contribution in [0.1, 0.15) is 34.7 Å². The Kier molecular flexibility index (Phi) is 5.42.